The van der Waals surface area contributed by atoms with Crippen molar-refractivity contribution in [2.75, 3.05) is 0 Å². The van der Waals surface area contributed by atoms with Gasteiger partial charge in [-0.3, -0.25) is 0 Å². The van der Waals surface area contributed by atoms with Crippen molar-refractivity contribution in [3.05, 3.63) is 40.7 Å². The van der Waals surface area contributed by atoms with Gasteiger partial charge in [-0.25, -0.2) is 4.85 Å². The molecule has 0 bridgehead atoms. The SMILES string of the molecule is [C-]#[N+]c1cc(C(C)C)ccc1CO. The highest BCUT2D eigenvalue weighted by atomic mass is 16.3. The number of nitrogens with zero attached hydrogens (tertiary/aromatic N) is 1. The second-order valence-corrected chi connectivity index (χ2v) is 3.31. The average molecular weight is 175 g/mol. The molecule has 1 N–H and O–H groups in total. The van der Waals surface area contributed by atoms with Gasteiger partial charge in [0.15, 0.2) is 5.69 Å². The molecule has 1 aromatic carbocycles. The summed E-state index contributed by atoms with van der Waals surface area (Å²) in [4.78, 5) is 3.37. The Balaban J connectivity index is 3.15. The molecule has 0 atom stereocenters. The molecule has 0 amide bonds. The molecule has 0 fully saturated rings. The third kappa shape index (κ3) is 2.07. The summed E-state index contributed by atoms with van der Waals surface area (Å²) in [7, 11) is 0. The first kappa shape index (κ1) is 9.76. The Morgan fingerprint density at radius 2 is 2.15 bits per heavy atom. The van der Waals surface area contributed by atoms with Crippen molar-refractivity contribution >= 4 is 5.69 Å². The molecular formula is C11H13NO. The van der Waals surface area contributed by atoms with Gasteiger partial charge in [-0.2, -0.15) is 0 Å². The first-order valence-electron chi connectivity index (χ1n) is 4.30. The van der Waals surface area contributed by atoms with Crippen LogP contribution in [0.2, 0.25) is 0 Å². The average Bonchev–Trinajstić information content (AvgIpc) is 2.16. The molecule has 0 radical (unpaired) electrons. The molecule has 0 heterocycles. The zero-order chi connectivity index (χ0) is 9.84. The van der Waals surface area contributed by atoms with Crippen molar-refractivity contribution in [1.82, 2.24) is 0 Å². The van der Waals surface area contributed by atoms with E-state index in [0.29, 0.717) is 17.2 Å². The van der Waals surface area contributed by atoms with Crippen molar-refractivity contribution < 1.29 is 5.11 Å². The third-order valence-electron chi connectivity index (χ3n) is 2.07. The van der Waals surface area contributed by atoms with E-state index in [9.17, 15) is 0 Å². The molecule has 0 unspecified atom stereocenters. The fraction of sp³-hybridized carbons (Fsp3) is 0.364. The minimum Gasteiger partial charge on any atom is -0.393 e. The molecule has 13 heavy (non-hydrogen) atoms. The molecule has 1 rings (SSSR count). The van der Waals surface area contributed by atoms with Crippen LogP contribution >= 0.6 is 0 Å². The number of hydrogen-bond acceptors (Lipinski definition) is 1. The van der Waals surface area contributed by atoms with Gasteiger partial charge in [-0.1, -0.05) is 37.6 Å². The molecule has 2 nitrogen and oxygen atoms in total. The van der Waals surface area contributed by atoms with Crippen molar-refractivity contribution in [1.29, 1.82) is 0 Å². The van der Waals surface area contributed by atoms with E-state index in [4.69, 9.17) is 11.7 Å². The highest BCUT2D eigenvalue weighted by Gasteiger charge is 2.04. The van der Waals surface area contributed by atoms with Gasteiger partial charge in [0, 0.05) is 0 Å². The van der Waals surface area contributed by atoms with E-state index in [-0.39, 0.29) is 6.61 Å². The molecule has 0 aromatic heterocycles. The fourth-order valence-electron chi connectivity index (χ4n) is 1.18. The zero-order valence-electron chi connectivity index (χ0n) is 7.91. The topological polar surface area (TPSA) is 24.6 Å². The van der Waals surface area contributed by atoms with Gasteiger partial charge in [-0.15, -0.1) is 0 Å². The van der Waals surface area contributed by atoms with E-state index >= 15 is 0 Å². The molecule has 1 aromatic rings. The van der Waals surface area contributed by atoms with Gasteiger partial charge in [0.25, 0.3) is 0 Å². The Labute approximate surface area is 78.7 Å². The molecule has 0 aliphatic heterocycles. The summed E-state index contributed by atoms with van der Waals surface area (Å²) < 4.78 is 0. The maximum absolute atomic E-state index is 8.94. The highest BCUT2D eigenvalue weighted by Crippen LogP contribution is 2.25. The minimum atomic E-state index is -0.0594. The fourth-order valence-corrected chi connectivity index (χ4v) is 1.18. The smallest absolute Gasteiger partial charge is 0.192 e. The predicted molar refractivity (Wildman–Crippen MR) is 52.7 cm³/mol. The van der Waals surface area contributed by atoms with E-state index in [1.807, 2.05) is 18.2 Å². The zero-order valence-corrected chi connectivity index (χ0v) is 7.91. The van der Waals surface area contributed by atoms with Crippen LogP contribution in [0.15, 0.2) is 18.2 Å². The summed E-state index contributed by atoms with van der Waals surface area (Å²) in [6, 6.07) is 5.64. The molecule has 0 aliphatic rings. The van der Waals surface area contributed by atoms with Gasteiger partial charge < -0.3 is 5.11 Å². The van der Waals surface area contributed by atoms with Gasteiger partial charge in [0.05, 0.1) is 13.2 Å². The van der Waals surface area contributed by atoms with Crippen LogP contribution in [0.4, 0.5) is 5.69 Å². The summed E-state index contributed by atoms with van der Waals surface area (Å²) in [6.07, 6.45) is 0. The Morgan fingerprint density at radius 1 is 1.46 bits per heavy atom. The lowest BCUT2D eigenvalue weighted by Crippen LogP contribution is -1.89. The van der Waals surface area contributed by atoms with Crippen LogP contribution in [-0.2, 0) is 6.61 Å². The normalized spacial score (nSPS) is 10.1. The molecule has 0 aliphatic carbocycles. The third-order valence-corrected chi connectivity index (χ3v) is 2.07. The maximum atomic E-state index is 8.94. The van der Waals surface area contributed by atoms with Crippen LogP contribution in [0.3, 0.4) is 0 Å². The van der Waals surface area contributed by atoms with E-state index in [2.05, 4.69) is 18.7 Å². The first-order chi connectivity index (χ1) is 6.19. The van der Waals surface area contributed by atoms with E-state index in [1.54, 1.807) is 0 Å². The van der Waals surface area contributed by atoms with Gasteiger partial charge >= 0.3 is 0 Å². The quantitative estimate of drug-likeness (QED) is 0.687. The Bertz CT molecular complexity index is 336. The van der Waals surface area contributed by atoms with Crippen LogP contribution in [0, 0.1) is 6.57 Å². The number of hydrogen-bond donors (Lipinski definition) is 1. The number of benzene rings is 1. The molecule has 0 saturated carbocycles. The standard InChI is InChI=1S/C11H13NO/c1-8(2)9-4-5-10(7-13)11(6-9)12-3/h4-6,8,13H,7H2,1-2H3. The van der Waals surface area contributed by atoms with Crippen LogP contribution < -0.4 is 0 Å². The summed E-state index contributed by atoms with van der Waals surface area (Å²) >= 11 is 0. The van der Waals surface area contributed by atoms with Crippen LogP contribution in [0.1, 0.15) is 30.9 Å². The molecular weight excluding hydrogens is 162 g/mol. The molecule has 0 spiro atoms. The number of aliphatic hydroxyl groups excluding tert-OH is 1. The van der Waals surface area contributed by atoms with Crippen molar-refractivity contribution in [3.63, 3.8) is 0 Å². The number of rotatable bonds is 2. The van der Waals surface area contributed by atoms with Crippen molar-refractivity contribution in [3.8, 4) is 0 Å². The summed E-state index contributed by atoms with van der Waals surface area (Å²) in [5, 5.41) is 8.94. The Kier molecular flexibility index (Phi) is 3.05. The molecule has 0 saturated heterocycles. The van der Waals surface area contributed by atoms with Gasteiger partial charge in [0.1, 0.15) is 0 Å². The lowest BCUT2D eigenvalue weighted by Gasteiger charge is -2.07. The minimum absolute atomic E-state index is 0.0594. The van der Waals surface area contributed by atoms with E-state index < -0.39 is 0 Å². The first-order valence-corrected chi connectivity index (χ1v) is 4.30. The number of aliphatic hydroxyl groups is 1. The predicted octanol–water partition coefficient (Wildman–Crippen LogP) is 2.85. The maximum Gasteiger partial charge on any atom is 0.192 e. The Hall–Kier alpha value is -1.33. The second-order valence-electron chi connectivity index (χ2n) is 3.31. The second kappa shape index (κ2) is 4.06. The van der Waals surface area contributed by atoms with E-state index in [0.717, 1.165) is 5.56 Å². The summed E-state index contributed by atoms with van der Waals surface area (Å²) in [5.41, 5.74) is 2.41. The van der Waals surface area contributed by atoms with E-state index in [1.165, 1.54) is 0 Å². The lowest BCUT2D eigenvalue weighted by atomic mass is 10.0. The molecule has 2 heteroatoms. The van der Waals surface area contributed by atoms with Crippen LogP contribution in [0.5, 0.6) is 0 Å². The Morgan fingerprint density at radius 3 is 2.62 bits per heavy atom. The summed E-state index contributed by atoms with van der Waals surface area (Å²) in [6.45, 7) is 11.0. The van der Waals surface area contributed by atoms with Crippen LogP contribution in [0.25, 0.3) is 4.85 Å². The monoisotopic (exact) mass is 175 g/mol. The van der Waals surface area contributed by atoms with Crippen molar-refractivity contribution in [2.24, 2.45) is 0 Å². The lowest BCUT2D eigenvalue weighted by molar-refractivity contribution is 0.282. The largest absolute Gasteiger partial charge is 0.393 e. The highest BCUT2D eigenvalue weighted by molar-refractivity contribution is 5.54. The van der Waals surface area contributed by atoms with Crippen LogP contribution in [-0.4, -0.2) is 5.11 Å². The molecule has 68 valence electrons. The van der Waals surface area contributed by atoms with Gasteiger partial charge in [0.2, 0.25) is 0 Å². The summed E-state index contributed by atoms with van der Waals surface area (Å²) in [5.74, 6) is 0.424. The van der Waals surface area contributed by atoms with Gasteiger partial charge in [-0.05, 0) is 11.5 Å². The van der Waals surface area contributed by atoms with Crippen molar-refractivity contribution in [2.45, 2.75) is 26.4 Å².